The largest absolute Gasteiger partial charge is 0.382 e. The Morgan fingerprint density at radius 2 is 2.11 bits per heavy atom. The Hall–Kier alpha value is -1.54. The predicted octanol–water partition coefficient (Wildman–Crippen LogP) is -0.144. The summed E-state index contributed by atoms with van der Waals surface area (Å²) in [6, 6.07) is -0.847. The number of hydrogen-bond donors (Lipinski definition) is 4. The van der Waals surface area contributed by atoms with E-state index in [0.29, 0.717) is 17.6 Å². The molecule has 0 aromatic carbocycles. The molecule has 0 radical (unpaired) electrons. The third-order valence-electron chi connectivity index (χ3n) is 2.85. The molecule has 0 aliphatic rings. The van der Waals surface area contributed by atoms with Crippen molar-refractivity contribution in [3.63, 3.8) is 0 Å². The zero-order valence-electron chi connectivity index (χ0n) is 10.1. The molecule has 19 heavy (non-hydrogen) atoms. The summed E-state index contributed by atoms with van der Waals surface area (Å²) in [5, 5.41) is 9.76. The molecule has 0 saturated heterocycles. The van der Waals surface area contributed by atoms with Crippen molar-refractivity contribution >= 4 is 24.6 Å². The quantitative estimate of drug-likeness (QED) is 0.568. The van der Waals surface area contributed by atoms with Crippen molar-refractivity contribution in [2.24, 2.45) is 0 Å². The van der Waals surface area contributed by atoms with Gasteiger partial charge in [0, 0.05) is 0 Å². The molecule has 2 aromatic rings. The van der Waals surface area contributed by atoms with Crippen molar-refractivity contribution in [3.8, 4) is 0 Å². The number of nitrogens with zero attached hydrogens (tertiary/aromatic N) is 4. The minimum absolute atomic E-state index is 0.171. The van der Waals surface area contributed by atoms with Gasteiger partial charge in [-0.15, -0.1) is 0 Å². The monoisotopic (exact) mass is 287 g/mol. The molecule has 10 heteroatoms. The standard InChI is InChI=1S/C9H14N5O4P/c1-2-5(9(15)19(16,17)18)14-4-13-6-7(10)11-3-12-8(6)14/h3-5,9,15H,2H2,1H3,(H2,10,11,12)(H2,16,17,18). The van der Waals surface area contributed by atoms with Gasteiger partial charge in [0.15, 0.2) is 17.3 Å². The molecule has 2 aromatic heterocycles. The van der Waals surface area contributed by atoms with Gasteiger partial charge in [-0.05, 0) is 6.42 Å². The SMILES string of the molecule is CCC(C(O)P(=O)(O)O)n1cnc2c(N)ncnc21. The van der Waals surface area contributed by atoms with E-state index in [1.54, 1.807) is 6.92 Å². The summed E-state index contributed by atoms with van der Waals surface area (Å²) in [6.07, 6.45) is 2.86. The number of nitrogen functional groups attached to an aromatic ring is 1. The smallest absolute Gasteiger partial charge is 0.355 e. The van der Waals surface area contributed by atoms with Gasteiger partial charge in [0.2, 0.25) is 0 Å². The van der Waals surface area contributed by atoms with Crippen LogP contribution in [0.5, 0.6) is 0 Å². The van der Waals surface area contributed by atoms with Gasteiger partial charge in [0.25, 0.3) is 0 Å². The van der Waals surface area contributed by atoms with Gasteiger partial charge >= 0.3 is 7.60 Å². The average Bonchev–Trinajstić information content (AvgIpc) is 2.74. The molecule has 0 aliphatic carbocycles. The molecule has 0 fully saturated rings. The molecular weight excluding hydrogens is 273 g/mol. The van der Waals surface area contributed by atoms with Crippen molar-refractivity contribution in [3.05, 3.63) is 12.7 Å². The van der Waals surface area contributed by atoms with Crippen LogP contribution in [0.1, 0.15) is 19.4 Å². The number of aliphatic hydroxyl groups excluding tert-OH is 1. The Morgan fingerprint density at radius 3 is 2.68 bits per heavy atom. The maximum atomic E-state index is 11.2. The highest BCUT2D eigenvalue weighted by Gasteiger charge is 2.35. The zero-order valence-corrected chi connectivity index (χ0v) is 11.0. The van der Waals surface area contributed by atoms with Gasteiger partial charge in [-0.2, -0.15) is 0 Å². The fraction of sp³-hybridized carbons (Fsp3) is 0.444. The molecule has 2 heterocycles. The summed E-state index contributed by atoms with van der Waals surface area (Å²) in [5.74, 6) is -1.66. The average molecular weight is 287 g/mol. The summed E-state index contributed by atoms with van der Waals surface area (Å²) in [4.78, 5) is 29.9. The summed E-state index contributed by atoms with van der Waals surface area (Å²) in [6.45, 7) is 1.69. The highest BCUT2D eigenvalue weighted by atomic mass is 31.2. The minimum atomic E-state index is -4.63. The molecule has 2 atom stereocenters. The summed E-state index contributed by atoms with van der Waals surface area (Å²) >= 11 is 0. The molecule has 0 bridgehead atoms. The maximum Gasteiger partial charge on any atom is 0.355 e. The molecule has 2 rings (SSSR count). The van der Waals surface area contributed by atoms with Crippen LogP contribution < -0.4 is 5.73 Å². The van der Waals surface area contributed by atoms with Gasteiger partial charge in [0.05, 0.1) is 12.4 Å². The predicted molar refractivity (Wildman–Crippen MR) is 67.1 cm³/mol. The Morgan fingerprint density at radius 1 is 1.42 bits per heavy atom. The van der Waals surface area contributed by atoms with Crippen LogP contribution >= 0.6 is 7.60 Å². The van der Waals surface area contributed by atoms with E-state index in [0.717, 1.165) is 0 Å². The van der Waals surface area contributed by atoms with E-state index in [1.807, 2.05) is 0 Å². The third-order valence-corrected chi connectivity index (χ3v) is 3.88. The Kier molecular flexibility index (Phi) is 3.55. The second-order valence-corrected chi connectivity index (χ2v) is 5.77. The molecule has 9 nitrogen and oxygen atoms in total. The Balaban J connectivity index is 2.53. The highest BCUT2D eigenvalue weighted by Crippen LogP contribution is 2.46. The van der Waals surface area contributed by atoms with Crippen LogP contribution in [0.4, 0.5) is 5.82 Å². The lowest BCUT2D eigenvalue weighted by Gasteiger charge is -2.23. The lowest BCUT2D eigenvalue weighted by molar-refractivity contribution is 0.147. The second kappa shape index (κ2) is 4.86. The van der Waals surface area contributed by atoms with E-state index in [1.165, 1.54) is 17.2 Å². The lowest BCUT2D eigenvalue weighted by Crippen LogP contribution is -2.23. The van der Waals surface area contributed by atoms with Crippen LogP contribution in [0.2, 0.25) is 0 Å². The minimum Gasteiger partial charge on any atom is -0.382 e. The lowest BCUT2D eigenvalue weighted by atomic mass is 10.2. The van der Waals surface area contributed by atoms with Gasteiger partial charge in [-0.1, -0.05) is 6.92 Å². The van der Waals surface area contributed by atoms with E-state index in [4.69, 9.17) is 15.5 Å². The first kappa shape index (κ1) is 13.9. The summed E-state index contributed by atoms with van der Waals surface area (Å²) < 4.78 is 12.6. The number of rotatable bonds is 4. The number of aromatic nitrogens is 4. The molecule has 0 spiro atoms. The topological polar surface area (TPSA) is 147 Å². The van der Waals surface area contributed by atoms with E-state index in [2.05, 4.69) is 15.0 Å². The normalized spacial score (nSPS) is 15.6. The number of nitrogens with two attached hydrogens (primary N) is 1. The highest BCUT2D eigenvalue weighted by molar-refractivity contribution is 7.52. The number of anilines is 1. The number of fused-ring (bicyclic) bond motifs is 1. The summed E-state index contributed by atoms with van der Waals surface area (Å²) in [7, 11) is -4.63. The van der Waals surface area contributed by atoms with Gasteiger partial charge in [-0.25, -0.2) is 15.0 Å². The zero-order chi connectivity index (χ0) is 14.2. The van der Waals surface area contributed by atoms with Crippen LogP contribution in [-0.2, 0) is 4.57 Å². The van der Waals surface area contributed by atoms with Crippen molar-refractivity contribution in [2.45, 2.75) is 25.2 Å². The number of aliphatic hydroxyl groups is 1. The van der Waals surface area contributed by atoms with E-state index >= 15 is 0 Å². The Labute approximate surface area is 108 Å². The van der Waals surface area contributed by atoms with E-state index < -0.39 is 19.5 Å². The first-order valence-electron chi connectivity index (χ1n) is 5.52. The van der Waals surface area contributed by atoms with E-state index in [-0.39, 0.29) is 5.82 Å². The maximum absolute atomic E-state index is 11.2. The summed E-state index contributed by atoms with van der Waals surface area (Å²) in [5.41, 5.74) is 6.29. The fourth-order valence-corrected chi connectivity index (χ4v) is 2.69. The second-order valence-electron chi connectivity index (χ2n) is 4.06. The van der Waals surface area contributed by atoms with Gasteiger partial charge < -0.3 is 25.2 Å². The number of hydrogen-bond acceptors (Lipinski definition) is 6. The number of imidazole rings is 1. The van der Waals surface area contributed by atoms with Crippen LogP contribution in [0.15, 0.2) is 12.7 Å². The van der Waals surface area contributed by atoms with Gasteiger partial charge in [0.1, 0.15) is 11.8 Å². The first-order chi connectivity index (χ1) is 8.86. The molecule has 0 saturated carbocycles. The Bertz CT molecular complexity index is 639. The van der Waals surface area contributed by atoms with Crippen molar-refractivity contribution in [2.75, 3.05) is 5.73 Å². The third kappa shape index (κ3) is 2.45. The van der Waals surface area contributed by atoms with Crippen LogP contribution in [0.3, 0.4) is 0 Å². The molecule has 5 N–H and O–H groups in total. The van der Waals surface area contributed by atoms with Gasteiger partial charge in [-0.3, -0.25) is 4.57 Å². The van der Waals surface area contributed by atoms with Crippen molar-refractivity contribution < 1.29 is 19.5 Å². The molecule has 104 valence electrons. The van der Waals surface area contributed by atoms with Crippen LogP contribution in [-0.4, -0.2) is 40.3 Å². The first-order valence-corrected chi connectivity index (χ1v) is 7.20. The molecule has 2 unspecified atom stereocenters. The van der Waals surface area contributed by atoms with E-state index in [9.17, 15) is 9.67 Å². The van der Waals surface area contributed by atoms with Crippen LogP contribution in [0.25, 0.3) is 11.2 Å². The van der Waals surface area contributed by atoms with Crippen LogP contribution in [0, 0.1) is 0 Å². The van der Waals surface area contributed by atoms with Crippen molar-refractivity contribution in [1.82, 2.24) is 19.5 Å². The molecule has 0 aliphatic heterocycles. The molecule has 0 amide bonds. The fourth-order valence-electron chi connectivity index (χ4n) is 1.89. The molecular formula is C9H14N5O4P. The van der Waals surface area contributed by atoms with Crippen molar-refractivity contribution in [1.29, 1.82) is 0 Å².